The molecule has 180 valence electrons. The Balaban J connectivity index is 1.08. The van der Waals surface area contributed by atoms with E-state index in [0.717, 1.165) is 68.4 Å². The maximum absolute atomic E-state index is 12.3. The summed E-state index contributed by atoms with van der Waals surface area (Å²) < 4.78 is 32.3. The molecule has 3 heterocycles. The molecule has 0 unspecified atom stereocenters. The van der Waals surface area contributed by atoms with Crippen molar-refractivity contribution in [2.75, 3.05) is 44.3 Å². The first-order valence-electron chi connectivity index (χ1n) is 12.4. The Morgan fingerprint density at radius 1 is 1.06 bits per heavy atom. The monoisotopic (exact) mass is 464 g/mol. The lowest BCUT2D eigenvalue weighted by Crippen LogP contribution is -2.42. The van der Waals surface area contributed by atoms with Gasteiger partial charge in [-0.3, -0.25) is 0 Å². The highest BCUT2D eigenvalue weighted by Gasteiger charge is 2.43. The Labute approximate surface area is 194 Å². The number of nitrogens with zero attached hydrogens (tertiary/aromatic N) is 4. The maximum Gasteiger partial charge on any atom is 0.225 e. The molecule has 4 rings (SSSR count). The fourth-order valence-corrected chi connectivity index (χ4v) is 6.69. The predicted molar refractivity (Wildman–Crippen MR) is 127 cm³/mol. The first-order chi connectivity index (χ1) is 15.3. The summed E-state index contributed by atoms with van der Waals surface area (Å²) in [4.78, 5) is 11.3. The van der Waals surface area contributed by atoms with Crippen molar-refractivity contribution in [2.24, 2.45) is 23.7 Å². The number of ether oxygens (including phenoxy) is 1. The van der Waals surface area contributed by atoms with Gasteiger partial charge in [-0.15, -0.1) is 0 Å². The van der Waals surface area contributed by atoms with E-state index in [9.17, 15) is 8.42 Å². The van der Waals surface area contributed by atoms with Gasteiger partial charge in [-0.05, 0) is 88.5 Å². The topological polar surface area (TPSA) is 75.6 Å². The summed E-state index contributed by atoms with van der Waals surface area (Å²) in [5.41, 5.74) is 1.11. The lowest BCUT2D eigenvalue weighted by atomic mass is 9.90. The molecular weight excluding hydrogens is 424 g/mol. The van der Waals surface area contributed by atoms with Crippen molar-refractivity contribution in [3.05, 3.63) is 18.0 Å². The van der Waals surface area contributed by atoms with Crippen LogP contribution in [0.3, 0.4) is 0 Å². The van der Waals surface area contributed by atoms with E-state index in [1.165, 1.54) is 25.7 Å². The van der Waals surface area contributed by atoms with Gasteiger partial charge in [0.25, 0.3) is 0 Å². The number of rotatable bonds is 9. The van der Waals surface area contributed by atoms with Crippen LogP contribution in [0.2, 0.25) is 0 Å². The zero-order chi connectivity index (χ0) is 22.7. The van der Waals surface area contributed by atoms with Crippen molar-refractivity contribution >= 4 is 16.0 Å². The minimum absolute atomic E-state index is 0.329. The molecule has 3 aliphatic rings. The quantitative estimate of drug-likeness (QED) is 0.521. The van der Waals surface area contributed by atoms with Gasteiger partial charge in [0, 0.05) is 51.8 Å². The minimum Gasteiger partial charge on any atom is -0.381 e. The number of hydrogen-bond donors (Lipinski definition) is 0. The van der Waals surface area contributed by atoms with E-state index in [1.54, 1.807) is 18.2 Å². The molecule has 1 saturated carbocycles. The molecule has 8 heteroatoms. The lowest BCUT2D eigenvalue weighted by Gasteiger charge is -2.32. The Kier molecular flexibility index (Phi) is 7.73. The number of sulfonamides is 1. The van der Waals surface area contributed by atoms with Crippen molar-refractivity contribution < 1.29 is 13.2 Å². The smallest absolute Gasteiger partial charge is 0.225 e. The fraction of sp³-hybridized carbons (Fsp3) is 0.833. The maximum atomic E-state index is 12.3. The average Bonchev–Trinajstić information content (AvgIpc) is 3.57. The molecular formula is C24H40N4O3S. The van der Waals surface area contributed by atoms with Gasteiger partial charge in [0.1, 0.15) is 0 Å². The SMILES string of the molecule is Cc1cnc(N2CCC([C@H]3C[C@H]3CCOCC3CCN(S(=O)(=O)C(C)C)CC3)CC2)nc1. The third-order valence-electron chi connectivity index (χ3n) is 7.69. The predicted octanol–water partition coefficient (Wildman–Crippen LogP) is 3.49. The first kappa shape index (κ1) is 23.9. The van der Waals surface area contributed by atoms with E-state index >= 15 is 0 Å². The van der Waals surface area contributed by atoms with E-state index in [1.807, 2.05) is 19.3 Å². The van der Waals surface area contributed by atoms with Crippen LogP contribution in [0.25, 0.3) is 0 Å². The molecule has 1 aromatic rings. The van der Waals surface area contributed by atoms with Gasteiger partial charge in [0.15, 0.2) is 0 Å². The molecule has 1 aliphatic carbocycles. The van der Waals surface area contributed by atoms with E-state index in [-0.39, 0.29) is 5.25 Å². The van der Waals surface area contributed by atoms with Crippen LogP contribution in [0.5, 0.6) is 0 Å². The molecule has 32 heavy (non-hydrogen) atoms. The van der Waals surface area contributed by atoms with Crippen molar-refractivity contribution in [2.45, 2.75) is 64.5 Å². The summed E-state index contributed by atoms with van der Waals surface area (Å²) in [5.74, 6) is 3.93. The Morgan fingerprint density at radius 2 is 1.72 bits per heavy atom. The van der Waals surface area contributed by atoms with Gasteiger partial charge in [0.05, 0.1) is 5.25 Å². The molecule has 3 fully saturated rings. The average molecular weight is 465 g/mol. The standard InChI is InChI=1S/C24H40N4O3S/c1-18(2)32(29,30)28-11-4-20(5-12-28)17-31-13-8-22-14-23(22)21-6-9-27(10-7-21)24-25-15-19(3)16-26-24/h15-16,18,20-23H,4-14,17H2,1-3H3/t22-,23-/m1/s1. The summed E-state index contributed by atoms with van der Waals surface area (Å²) in [6.45, 7) is 10.6. The number of aromatic nitrogens is 2. The molecule has 7 nitrogen and oxygen atoms in total. The normalized spacial score (nSPS) is 26.1. The van der Waals surface area contributed by atoms with E-state index in [0.29, 0.717) is 19.0 Å². The van der Waals surface area contributed by atoms with Crippen molar-refractivity contribution in [3.8, 4) is 0 Å². The molecule has 0 N–H and O–H groups in total. The largest absolute Gasteiger partial charge is 0.381 e. The second kappa shape index (κ2) is 10.3. The van der Waals surface area contributed by atoms with Crippen LogP contribution in [0.15, 0.2) is 12.4 Å². The van der Waals surface area contributed by atoms with Gasteiger partial charge >= 0.3 is 0 Å². The summed E-state index contributed by atoms with van der Waals surface area (Å²) >= 11 is 0. The molecule has 0 radical (unpaired) electrons. The number of anilines is 1. The van der Waals surface area contributed by atoms with Crippen LogP contribution in [0.4, 0.5) is 5.95 Å². The Hall–Kier alpha value is -1.25. The summed E-state index contributed by atoms with van der Waals surface area (Å²) in [7, 11) is -3.11. The summed E-state index contributed by atoms with van der Waals surface area (Å²) in [5, 5.41) is -0.329. The summed E-state index contributed by atoms with van der Waals surface area (Å²) in [6.07, 6.45) is 10.7. The Morgan fingerprint density at radius 3 is 2.34 bits per heavy atom. The highest BCUT2D eigenvalue weighted by molar-refractivity contribution is 7.89. The molecule has 2 saturated heterocycles. The van der Waals surface area contributed by atoms with Crippen LogP contribution < -0.4 is 4.90 Å². The van der Waals surface area contributed by atoms with E-state index < -0.39 is 10.0 Å². The van der Waals surface area contributed by atoms with Gasteiger partial charge in [-0.2, -0.15) is 0 Å². The van der Waals surface area contributed by atoms with Crippen LogP contribution in [-0.4, -0.2) is 67.3 Å². The lowest BCUT2D eigenvalue weighted by molar-refractivity contribution is 0.0744. The zero-order valence-electron chi connectivity index (χ0n) is 19.9. The highest BCUT2D eigenvalue weighted by atomic mass is 32.2. The second-order valence-corrected chi connectivity index (χ2v) is 12.8. The van der Waals surface area contributed by atoms with Crippen LogP contribution in [0.1, 0.15) is 57.9 Å². The molecule has 0 amide bonds. The fourth-order valence-electron chi connectivity index (χ4n) is 5.37. The molecule has 2 aliphatic heterocycles. The molecule has 0 aromatic carbocycles. The number of piperidine rings is 2. The van der Waals surface area contributed by atoms with Gasteiger partial charge in [-0.25, -0.2) is 22.7 Å². The molecule has 0 bridgehead atoms. The highest BCUT2D eigenvalue weighted by Crippen LogP contribution is 2.49. The molecule has 0 spiro atoms. The van der Waals surface area contributed by atoms with Crippen molar-refractivity contribution in [1.29, 1.82) is 0 Å². The number of aryl methyl sites for hydroxylation is 1. The van der Waals surface area contributed by atoms with Gasteiger partial charge in [-0.1, -0.05) is 0 Å². The minimum atomic E-state index is -3.11. The first-order valence-corrected chi connectivity index (χ1v) is 13.9. The Bertz CT molecular complexity index is 829. The second-order valence-electron chi connectivity index (χ2n) is 10.3. The van der Waals surface area contributed by atoms with E-state index in [2.05, 4.69) is 14.9 Å². The van der Waals surface area contributed by atoms with Crippen molar-refractivity contribution in [3.63, 3.8) is 0 Å². The zero-order valence-corrected chi connectivity index (χ0v) is 20.8. The van der Waals surface area contributed by atoms with Gasteiger partial charge in [0.2, 0.25) is 16.0 Å². The third-order valence-corrected chi connectivity index (χ3v) is 9.96. The van der Waals surface area contributed by atoms with Gasteiger partial charge < -0.3 is 9.64 Å². The van der Waals surface area contributed by atoms with E-state index in [4.69, 9.17) is 4.74 Å². The number of hydrogen-bond acceptors (Lipinski definition) is 6. The van der Waals surface area contributed by atoms with Crippen LogP contribution >= 0.6 is 0 Å². The van der Waals surface area contributed by atoms with Crippen LogP contribution in [0, 0.1) is 30.6 Å². The molecule has 2 atom stereocenters. The molecule has 1 aromatic heterocycles. The van der Waals surface area contributed by atoms with Crippen LogP contribution in [-0.2, 0) is 14.8 Å². The third kappa shape index (κ3) is 5.81. The summed E-state index contributed by atoms with van der Waals surface area (Å²) in [6, 6.07) is 0. The van der Waals surface area contributed by atoms with Crippen molar-refractivity contribution in [1.82, 2.24) is 14.3 Å².